The van der Waals surface area contributed by atoms with Crippen LogP contribution in [0.15, 0.2) is 23.0 Å². The highest BCUT2D eigenvalue weighted by molar-refractivity contribution is 5.67. The first kappa shape index (κ1) is 21.2. The number of methoxy groups -OCH3 is 1. The Balaban J connectivity index is 1.71. The van der Waals surface area contributed by atoms with Crippen molar-refractivity contribution in [1.82, 2.24) is 19.5 Å². The maximum atomic E-state index is 12.9. The molecule has 166 valence electrons. The summed E-state index contributed by atoms with van der Waals surface area (Å²) in [6.07, 6.45) is 4.75. The van der Waals surface area contributed by atoms with Crippen molar-refractivity contribution in [2.24, 2.45) is 0 Å². The molecule has 0 radical (unpaired) electrons. The summed E-state index contributed by atoms with van der Waals surface area (Å²) in [5.74, 6) is 3.51. The molecular weight excluding hydrogens is 394 g/mol. The van der Waals surface area contributed by atoms with Gasteiger partial charge in [-0.3, -0.25) is 9.55 Å². The van der Waals surface area contributed by atoms with Crippen molar-refractivity contribution in [1.29, 1.82) is 0 Å². The highest BCUT2D eigenvalue weighted by Gasteiger charge is 2.24. The molecule has 1 aliphatic carbocycles. The molecular formula is C23H31N5O3. The van der Waals surface area contributed by atoms with E-state index in [1.54, 1.807) is 11.7 Å². The van der Waals surface area contributed by atoms with E-state index in [1.165, 1.54) is 12.8 Å². The van der Waals surface area contributed by atoms with Gasteiger partial charge in [0.1, 0.15) is 17.3 Å². The average molecular weight is 426 g/mol. The predicted octanol–water partition coefficient (Wildman–Crippen LogP) is 4.00. The molecule has 31 heavy (non-hydrogen) atoms. The number of hydrogen-bond acceptors (Lipinski definition) is 6. The van der Waals surface area contributed by atoms with Gasteiger partial charge in [-0.15, -0.1) is 0 Å². The van der Waals surface area contributed by atoms with E-state index in [4.69, 9.17) is 9.47 Å². The van der Waals surface area contributed by atoms with Gasteiger partial charge < -0.3 is 14.8 Å². The van der Waals surface area contributed by atoms with Crippen LogP contribution in [0.1, 0.15) is 63.8 Å². The summed E-state index contributed by atoms with van der Waals surface area (Å²) in [7, 11) is 1.64. The second-order valence-corrected chi connectivity index (χ2v) is 8.34. The smallest absolute Gasteiger partial charge is 0.329 e. The quantitative estimate of drug-likeness (QED) is 0.566. The van der Waals surface area contributed by atoms with Gasteiger partial charge in [0.2, 0.25) is 0 Å². The summed E-state index contributed by atoms with van der Waals surface area (Å²) in [6, 6.07) is 5.82. The summed E-state index contributed by atoms with van der Waals surface area (Å²) < 4.78 is 13.4. The largest absolute Gasteiger partial charge is 0.493 e. The van der Waals surface area contributed by atoms with E-state index in [9.17, 15) is 4.79 Å². The SMILES string of the molecule is CCNc1[nH]c(=O)n(Cc2ccc(OC)c(OC3CCCC3)c2)c2nc(C(C)C)nc1-2. The van der Waals surface area contributed by atoms with E-state index in [1.807, 2.05) is 39.0 Å². The Labute approximate surface area is 182 Å². The lowest BCUT2D eigenvalue weighted by Gasteiger charge is -2.18. The van der Waals surface area contributed by atoms with E-state index in [0.29, 0.717) is 36.2 Å². The zero-order valence-electron chi connectivity index (χ0n) is 18.7. The van der Waals surface area contributed by atoms with E-state index in [-0.39, 0.29) is 17.7 Å². The maximum absolute atomic E-state index is 12.9. The van der Waals surface area contributed by atoms with Crippen molar-refractivity contribution in [2.45, 2.75) is 65.0 Å². The van der Waals surface area contributed by atoms with Crippen LogP contribution in [0.25, 0.3) is 11.5 Å². The molecule has 0 unspecified atom stereocenters. The number of ether oxygens (including phenoxy) is 2. The molecule has 0 atom stereocenters. The molecule has 1 fully saturated rings. The molecule has 2 aliphatic heterocycles. The minimum absolute atomic E-state index is 0.165. The lowest BCUT2D eigenvalue weighted by molar-refractivity contribution is 0.200. The summed E-state index contributed by atoms with van der Waals surface area (Å²) in [5, 5.41) is 3.19. The molecule has 2 N–H and O–H groups in total. The van der Waals surface area contributed by atoms with Gasteiger partial charge in [0.05, 0.1) is 19.8 Å². The van der Waals surface area contributed by atoms with Crippen LogP contribution in [0, 0.1) is 0 Å². The van der Waals surface area contributed by atoms with Crippen LogP contribution in [0.3, 0.4) is 0 Å². The molecule has 8 nitrogen and oxygen atoms in total. The van der Waals surface area contributed by atoms with Crippen LogP contribution in [-0.2, 0) is 6.54 Å². The molecule has 2 heterocycles. The van der Waals surface area contributed by atoms with E-state index in [0.717, 1.165) is 30.0 Å². The lowest BCUT2D eigenvalue weighted by Crippen LogP contribution is -2.27. The third kappa shape index (κ3) is 4.38. The van der Waals surface area contributed by atoms with Gasteiger partial charge in [-0.05, 0) is 50.3 Å². The number of fused-ring (bicyclic) bond motifs is 1. The Bertz CT molecular complexity index is 1070. The number of anilines is 1. The molecule has 0 saturated heterocycles. The normalized spacial score (nSPS) is 14.5. The lowest BCUT2D eigenvalue weighted by atomic mass is 10.2. The van der Waals surface area contributed by atoms with Gasteiger partial charge in [-0.1, -0.05) is 19.9 Å². The van der Waals surface area contributed by atoms with Crippen molar-refractivity contribution < 1.29 is 9.47 Å². The minimum Gasteiger partial charge on any atom is -0.493 e. The third-order valence-corrected chi connectivity index (χ3v) is 5.66. The Morgan fingerprint density at radius 1 is 1.23 bits per heavy atom. The monoisotopic (exact) mass is 425 g/mol. The molecule has 1 aromatic rings. The number of aromatic nitrogens is 4. The number of benzene rings is 1. The van der Waals surface area contributed by atoms with Crippen LogP contribution >= 0.6 is 0 Å². The zero-order chi connectivity index (χ0) is 22.0. The molecule has 8 heteroatoms. The number of nitrogens with zero attached hydrogens (tertiary/aromatic N) is 3. The number of nitrogens with one attached hydrogen (secondary N) is 2. The molecule has 0 aromatic heterocycles. The summed E-state index contributed by atoms with van der Waals surface area (Å²) in [5.41, 5.74) is 1.39. The van der Waals surface area contributed by atoms with E-state index < -0.39 is 0 Å². The zero-order valence-corrected chi connectivity index (χ0v) is 18.7. The number of hydrogen-bond donors (Lipinski definition) is 2. The predicted molar refractivity (Wildman–Crippen MR) is 120 cm³/mol. The van der Waals surface area contributed by atoms with Crippen LogP contribution in [0.5, 0.6) is 11.5 Å². The highest BCUT2D eigenvalue weighted by Crippen LogP contribution is 2.33. The second kappa shape index (κ2) is 8.99. The first-order chi connectivity index (χ1) is 15.0. The van der Waals surface area contributed by atoms with Crippen LogP contribution in [0.4, 0.5) is 5.82 Å². The van der Waals surface area contributed by atoms with Crippen LogP contribution in [0.2, 0.25) is 0 Å². The van der Waals surface area contributed by atoms with Gasteiger partial charge in [0, 0.05) is 12.5 Å². The molecule has 3 aliphatic rings. The maximum Gasteiger partial charge on any atom is 0.329 e. The summed E-state index contributed by atoms with van der Waals surface area (Å²) in [4.78, 5) is 25.2. The van der Waals surface area contributed by atoms with Crippen molar-refractivity contribution in [3.63, 3.8) is 0 Å². The molecule has 0 amide bonds. The van der Waals surface area contributed by atoms with Crippen molar-refractivity contribution in [3.05, 3.63) is 40.1 Å². The standard InChI is InChI=1S/C23H31N5O3/c1-5-24-21-19-22(26-20(25-19)14(2)3)28(23(29)27-21)13-15-10-11-17(30-4)18(12-15)31-16-8-6-7-9-16/h10-12,14,16,24H,5-9,13H2,1-4H3,(H,27,29). The van der Waals surface area contributed by atoms with Gasteiger partial charge >= 0.3 is 5.69 Å². The fourth-order valence-electron chi connectivity index (χ4n) is 4.03. The van der Waals surface area contributed by atoms with Gasteiger partial charge in [0.25, 0.3) is 0 Å². The first-order valence-corrected chi connectivity index (χ1v) is 11.1. The number of rotatable bonds is 8. The molecule has 1 saturated carbocycles. The number of H-pyrrole nitrogens is 1. The fraction of sp³-hybridized carbons (Fsp3) is 0.522. The highest BCUT2D eigenvalue weighted by atomic mass is 16.5. The fourth-order valence-corrected chi connectivity index (χ4v) is 4.03. The third-order valence-electron chi connectivity index (χ3n) is 5.66. The first-order valence-electron chi connectivity index (χ1n) is 11.1. The molecule has 4 rings (SSSR count). The van der Waals surface area contributed by atoms with Gasteiger partial charge in [0.15, 0.2) is 17.3 Å². The second-order valence-electron chi connectivity index (χ2n) is 8.34. The minimum atomic E-state index is -0.229. The van der Waals surface area contributed by atoms with Crippen molar-refractivity contribution >= 4 is 5.82 Å². The topological polar surface area (TPSA) is 94.1 Å². The average Bonchev–Trinajstić information content (AvgIpc) is 3.41. The number of imidazole rings is 1. The summed E-state index contributed by atoms with van der Waals surface area (Å²) in [6.45, 7) is 7.11. The Kier molecular flexibility index (Phi) is 6.15. The van der Waals surface area contributed by atoms with E-state index >= 15 is 0 Å². The molecule has 1 aromatic carbocycles. The Morgan fingerprint density at radius 3 is 2.68 bits per heavy atom. The van der Waals surface area contributed by atoms with Crippen molar-refractivity contribution in [2.75, 3.05) is 19.0 Å². The van der Waals surface area contributed by atoms with Gasteiger partial charge in [-0.2, -0.15) is 0 Å². The van der Waals surface area contributed by atoms with Gasteiger partial charge in [-0.25, -0.2) is 14.8 Å². The molecule has 0 spiro atoms. The Hall–Kier alpha value is -3.03. The van der Waals surface area contributed by atoms with Crippen LogP contribution in [-0.4, -0.2) is 39.3 Å². The van der Waals surface area contributed by atoms with Crippen molar-refractivity contribution in [3.8, 4) is 23.0 Å². The summed E-state index contributed by atoms with van der Waals surface area (Å²) >= 11 is 0. The van der Waals surface area contributed by atoms with Crippen LogP contribution < -0.4 is 20.5 Å². The van der Waals surface area contributed by atoms with E-state index in [2.05, 4.69) is 20.3 Å². The number of aromatic amines is 1. The Morgan fingerprint density at radius 2 is 2.00 bits per heavy atom. The molecule has 0 bridgehead atoms.